The molecule has 2 heterocycles. The molecule has 2 rings (SSSR count). The molecule has 0 saturated carbocycles. The Hall–Kier alpha value is -1.46. The third-order valence-electron chi connectivity index (χ3n) is 3.63. The average molecular weight is 262 g/mol. The first-order valence-corrected chi connectivity index (χ1v) is 6.93. The van der Waals surface area contributed by atoms with Gasteiger partial charge < -0.3 is 4.90 Å². The van der Waals surface area contributed by atoms with Crippen molar-refractivity contribution >= 4 is 5.91 Å². The minimum Gasteiger partial charge on any atom is -0.339 e. The van der Waals surface area contributed by atoms with E-state index in [0.717, 1.165) is 38.9 Å². The highest BCUT2D eigenvalue weighted by atomic mass is 16.2. The third-order valence-corrected chi connectivity index (χ3v) is 3.63. The number of carbonyl (C=O) groups excluding carboxylic acids is 1. The molecule has 1 aromatic heterocycles. The molecule has 1 aliphatic heterocycles. The molecule has 0 aromatic carbocycles. The lowest BCUT2D eigenvalue weighted by atomic mass is 10.0. The molecule has 1 amide bonds. The number of hydrogen-bond donors (Lipinski definition) is 1. The molecule has 0 unspecified atom stereocenters. The van der Waals surface area contributed by atoms with E-state index in [1.54, 1.807) is 24.5 Å². The van der Waals surface area contributed by atoms with Crippen LogP contribution in [0.1, 0.15) is 36.5 Å². The Morgan fingerprint density at radius 1 is 1.42 bits per heavy atom. The second-order valence-corrected chi connectivity index (χ2v) is 5.00. The molecule has 1 saturated heterocycles. The van der Waals surface area contributed by atoms with E-state index in [1.807, 2.05) is 9.91 Å². The first-order valence-electron chi connectivity index (χ1n) is 6.93. The van der Waals surface area contributed by atoms with Gasteiger partial charge in [-0.25, -0.2) is 5.01 Å². The Kier molecular flexibility index (Phi) is 4.87. The number of pyridine rings is 1. The number of nitrogens with zero attached hydrogens (tertiary/aromatic N) is 3. The van der Waals surface area contributed by atoms with Crippen molar-refractivity contribution in [2.24, 2.45) is 5.84 Å². The smallest absolute Gasteiger partial charge is 0.253 e. The Bertz CT molecular complexity index is 401. The quantitative estimate of drug-likeness (QED) is 0.655. The van der Waals surface area contributed by atoms with Crippen LogP contribution in [0.5, 0.6) is 0 Å². The first kappa shape index (κ1) is 14.0. The first-order chi connectivity index (χ1) is 9.22. The monoisotopic (exact) mass is 262 g/mol. The minimum absolute atomic E-state index is 0.0971. The normalized spacial score (nSPS) is 16.9. The molecular formula is C14H22N4O. The maximum atomic E-state index is 12.3. The third kappa shape index (κ3) is 3.52. The average Bonchev–Trinajstić information content (AvgIpc) is 2.48. The number of nitrogens with two attached hydrogens (primary N) is 1. The van der Waals surface area contributed by atoms with Crippen molar-refractivity contribution in [3.05, 3.63) is 30.1 Å². The number of piperidine rings is 1. The van der Waals surface area contributed by atoms with Crippen molar-refractivity contribution in [3.8, 4) is 0 Å². The van der Waals surface area contributed by atoms with Crippen LogP contribution in [0.4, 0.5) is 0 Å². The number of likely N-dealkylation sites (tertiary alicyclic amines) is 1. The Morgan fingerprint density at radius 3 is 2.63 bits per heavy atom. The Labute approximate surface area is 114 Å². The maximum absolute atomic E-state index is 12.3. The highest BCUT2D eigenvalue weighted by Crippen LogP contribution is 2.16. The zero-order chi connectivity index (χ0) is 13.7. The second kappa shape index (κ2) is 6.63. The van der Waals surface area contributed by atoms with Crippen LogP contribution in [0.15, 0.2) is 24.5 Å². The Morgan fingerprint density at radius 2 is 2.05 bits per heavy atom. The van der Waals surface area contributed by atoms with Gasteiger partial charge in [0.05, 0.1) is 0 Å². The van der Waals surface area contributed by atoms with Crippen molar-refractivity contribution in [2.45, 2.75) is 32.2 Å². The second-order valence-electron chi connectivity index (χ2n) is 5.00. The molecule has 1 fully saturated rings. The molecule has 2 N–H and O–H groups in total. The van der Waals surface area contributed by atoms with E-state index in [-0.39, 0.29) is 5.91 Å². The van der Waals surface area contributed by atoms with E-state index in [1.165, 1.54) is 0 Å². The fourth-order valence-corrected chi connectivity index (χ4v) is 2.52. The molecule has 0 spiro atoms. The van der Waals surface area contributed by atoms with E-state index < -0.39 is 0 Å². The summed E-state index contributed by atoms with van der Waals surface area (Å²) in [7, 11) is 0. The van der Waals surface area contributed by atoms with Gasteiger partial charge in [-0.3, -0.25) is 15.6 Å². The van der Waals surface area contributed by atoms with Gasteiger partial charge in [-0.15, -0.1) is 0 Å². The molecule has 0 aliphatic carbocycles. The fraction of sp³-hybridized carbons (Fsp3) is 0.571. The van der Waals surface area contributed by atoms with Crippen molar-refractivity contribution in [3.63, 3.8) is 0 Å². The van der Waals surface area contributed by atoms with Crippen molar-refractivity contribution in [1.82, 2.24) is 14.9 Å². The molecule has 19 heavy (non-hydrogen) atoms. The van der Waals surface area contributed by atoms with Crippen molar-refractivity contribution in [1.29, 1.82) is 0 Å². The maximum Gasteiger partial charge on any atom is 0.253 e. The predicted molar refractivity (Wildman–Crippen MR) is 74.3 cm³/mol. The van der Waals surface area contributed by atoms with Gasteiger partial charge in [-0.05, 0) is 31.4 Å². The van der Waals surface area contributed by atoms with E-state index in [0.29, 0.717) is 11.6 Å². The zero-order valence-corrected chi connectivity index (χ0v) is 11.5. The summed E-state index contributed by atoms with van der Waals surface area (Å²) in [5.74, 6) is 6.11. The summed E-state index contributed by atoms with van der Waals surface area (Å²) in [4.78, 5) is 18.1. The van der Waals surface area contributed by atoms with Crippen LogP contribution in [0.25, 0.3) is 0 Å². The van der Waals surface area contributed by atoms with Crippen LogP contribution in [-0.4, -0.2) is 46.5 Å². The summed E-state index contributed by atoms with van der Waals surface area (Å²) < 4.78 is 0. The lowest BCUT2D eigenvalue weighted by Gasteiger charge is -2.36. The molecular weight excluding hydrogens is 240 g/mol. The van der Waals surface area contributed by atoms with Gasteiger partial charge >= 0.3 is 0 Å². The number of amides is 1. The molecule has 1 aromatic rings. The van der Waals surface area contributed by atoms with Crippen LogP contribution < -0.4 is 5.84 Å². The van der Waals surface area contributed by atoms with E-state index >= 15 is 0 Å². The molecule has 104 valence electrons. The van der Waals surface area contributed by atoms with Crippen LogP contribution in [0.2, 0.25) is 0 Å². The highest BCUT2D eigenvalue weighted by molar-refractivity contribution is 5.94. The standard InChI is InChI=1S/C14H22N4O/c1-2-9-18(15)13-5-10-17(11-6-13)14(19)12-3-7-16-8-4-12/h3-4,7-8,13H,2,5-6,9-11,15H2,1H3. The number of hydrogen-bond acceptors (Lipinski definition) is 4. The fourth-order valence-electron chi connectivity index (χ4n) is 2.52. The van der Waals surface area contributed by atoms with Gasteiger partial charge in [-0.2, -0.15) is 0 Å². The molecule has 5 heteroatoms. The number of aromatic nitrogens is 1. The predicted octanol–water partition coefficient (Wildman–Crippen LogP) is 1.27. The highest BCUT2D eigenvalue weighted by Gasteiger charge is 2.25. The van der Waals surface area contributed by atoms with Gasteiger partial charge in [0.1, 0.15) is 0 Å². The summed E-state index contributed by atoms with van der Waals surface area (Å²) >= 11 is 0. The van der Waals surface area contributed by atoms with Crippen molar-refractivity contribution in [2.75, 3.05) is 19.6 Å². The Balaban J connectivity index is 1.88. The lowest BCUT2D eigenvalue weighted by Crippen LogP contribution is -2.49. The molecule has 0 radical (unpaired) electrons. The zero-order valence-electron chi connectivity index (χ0n) is 11.5. The van der Waals surface area contributed by atoms with E-state index in [9.17, 15) is 4.79 Å². The molecule has 1 aliphatic rings. The summed E-state index contributed by atoms with van der Waals surface area (Å²) in [6.45, 7) is 4.61. The summed E-state index contributed by atoms with van der Waals surface area (Å²) in [6, 6.07) is 3.93. The van der Waals surface area contributed by atoms with Crippen molar-refractivity contribution < 1.29 is 4.79 Å². The molecule has 5 nitrogen and oxygen atoms in total. The number of carbonyl (C=O) groups is 1. The SMILES string of the molecule is CCCN(N)C1CCN(C(=O)c2ccncc2)CC1. The van der Waals surface area contributed by atoms with Crippen LogP contribution in [0.3, 0.4) is 0 Å². The summed E-state index contributed by atoms with van der Waals surface area (Å²) in [5, 5.41) is 1.92. The van der Waals surface area contributed by atoms with E-state index in [2.05, 4.69) is 11.9 Å². The summed E-state index contributed by atoms with van der Waals surface area (Å²) in [5.41, 5.74) is 0.714. The number of hydrazine groups is 1. The largest absolute Gasteiger partial charge is 0.339 e. The minimum atomic E-state index is 0.0971. The lowest BCUT2D eigenvalue weighted by molar-refractivity contribution is 0.0617. The number of rotatable bonds is 4. The topological polar surface area (TPSA) is 62.5 Å². The van der Waals surface area contributed by atoms with Crippen LogP contribution in [0, 0.1) is 0 Å². The molecule has 0 atom stereocenters. The summed E-state index contributed by atoms with van der Waals surface area (Å²) in [6.07, 6.45) is 6.28. The van der Waals surface area contributed by atoms with Gasteiger partial charge in [0.15, 0.2) is 0 Å². The van der Waals surface area contributed by atoms with E-state index in [4.69, 9.17) is 5.84 Å². The van der Waals surface area contributed by atoms with Crippen LogP contribution >= 0.6 is 0 Å². The van der Waals surface area contributed by atoms with Gasteiger partial charge in [0.2, 0.25) is 0 Å². The van der Waals surface area contributed by atoms with Gasteiger partial charge in [-0.1, -0.05) is 6.92 Å². The van der Waals surface area contributed by atoms with Gasteiger partial charge in [0, 0.05) is 43.6 Å². The van der Waals surface area contributed by atoms with Crippen LogP contribution in [-0.2, 0) is 0 Å². The van der Waals surface area contributed by atoms with Gasteiger partial charge in [0.25, 0.3) is 5.91 Å². The molecule has 0 bridgehead atoms.